The maximum absolute atomic E-state index is 13.2. The molecule has 2 aliphatic heterocycles. The third-order valence-electron chi connectivity index (χ3n) is 23.8. The van der Waals surface area contributed by atoms with Gasteiger partial charge in [-0.15, -0.1) is 0 Å². The molecule has 0 bridgehead atoms. The Bertz CT molecular complexity index is 4600. The number of Topliss-reactive ketones (excluding diaryl/α,β-unsaturated/α-hetero) is 4. The molecule has 31 heteroatoms. The van der Waals surface area contributed by atoms with Gasteiger partial charge in [-0.1, -0.05) is 24.3 Å². The highest BCUT2D eigenvalue weighted by molar-refractivity contribution is 6.04. The Hall–Kier alpha value is -8.31. The lowest BCUT2D eigenvalue weighted by Crippen LogP contribution is -2.40. The van der Waals surface area contributed by atoms with Crippen LogP contribution in [0.15, 0.2) is 71.0 Å². The Morgan fingerprint density at radius 3 is 1.29 bits per heavy atom. The molecule has 5 N–H and O–H groups in total. The number of hydrogen-bond donors (Lipinski definition) is 5. The van der Waals surface area contributed by atoms with Crippen molar-refractivity contribution in [1.82, 2.24) is 58.4 Å². The molecule has 638 valence electrons. The number of hydrogen-bond acceptors (Lipinski definition) is 25. The number of carbonyl (C=O) groups excluding carboxylic acids is 5. The molecule has 4 aliphatic carbocycles. The normalized spacial score (nSPS) is 20.5. The quantitative estimate of drug-likeness (QED) is 0.0136. The monoisotopic (exact) mass is 1620 g/mol. The highest BCUT2D eigenvalue weighted by Crippen LogP contribution is 2.39. The van der Waals surface area contributed by atoms with E-state index in [4.69, 9.17) is 47.4 Å². The van der Waals surface area contributed by atoms with E-state index in [1.165, 1.54) is 42.2 Å². The van der Waals surface area contributed by atoms with Crippen LogP contribution in [0, 0.1) is 0 Å². The number of imidazole rings is 2. The molecule has 6 aromatic heterocycles. The van der Waals surface area contributed by atoms with Crippen LogP contribution in [0.1, 0.15) is 175 Å². The fraction of sp³-hybridized carbons (Fsp3) is 0.640. The van der Waals surface area contributed by atoms with Gasteiger partial charge < -0.3 is 83.0 Å². The van der Waals surface area contributed by atoms with Crippen LogP contribution >= 0.6 is 0 Å². The molecule has 6 fully saturated rings. The molecule has 14 rings (SSSR count). The first-order chi connectivity index (χ1) is 57.3. The number of ether oxygens (including phenoxy) is 10. The van der Waals surface area contributed by atoms with Crippen molar-refractivity contribution >= 4 is 85.2 Å². The number of aromatic amines is 2. The molecule has 31 nitrogen and oxygen atoms in total. The number of ketones is 4. The summed E-state index contributed by atoms with van der Waals surface area (Å²) in [4.78, 5) is 112. The molecule has 2 saturated heterocycles. The molecular weight excluding hydrogens is 1500 g/mol. The van der Waals surface area contributed by atoms with E-state index < -0.39 is 12.1 Å². The molecule has 0 amide bonds. The molecule has 2 atom stereocenters. The first-order valence-corrected chi connectivity index (χ1v) is 42.5. The van der Waals surface area contributed by atoms with Crippen LogP contribution in [0.25, 0.3) is 44.1 Å². The molecular formula is C86H122N14O17. The molecule has 4 saturated carbocycles. The molecule has 0 radical (unpaired) electrons. The summed E-state index contributed by atoms with van der Waals surface area (Å²) in [5.74, 6) is 2.49. The van der Waals surface area contributed by atoms with Crippen molar-refractivity contribution in [3.8, 4) is 0 Å². The maximum atomic E-state index is 13.2. The third-order valence-corrected chi connectivity index (χ3v) is 23.8. The van der Waals surface area contributed by atoms with Gasteiger partial charge in [0.1, 0.15) is 60.0 Å². The van der Waals surface area contributed by atoms with Crippen molar-refractivity contribution in [2.75, 3.05) is 163 Å². The molecule has 117 heavy (non-hydrogen) atoms. The summed E-state index contributed by atoms with van der Waals surface area (Å²) in [6.07, 6.45) is 26.0. The Balaban J connectivity index is 0.000000180. The van der Waals surface area contributed by atoms with E-state index >= 15 is 0 Å². The molecule has 0 spiro atoms. The van der Waals surface area contributed by atoms with E-state index in [0.717, 1.165) is 172 Å². The van der Waals surface area contributed by atoms with Crippen molar-refractivity contribution in [3.05, 3.63) is 105 Å². The Kier molecular flexibility index (Phi) is 34.4. The van der Waals surface area contributed by atoms with Crippen molar-refractivity contribution in [2.45, 2.75) is 189 Å². The number of likely N-dealkylation sites (N-methyl/N-ethyl adjacent to an activating group) is 1. The van der Waals surface area contributed by atoms with E-state index in [1.807, 2.05) is 36.4 Å². The second-order valence-corrected chi connectivity index (χ2v) is 31.5. The average Bonchev–Trinajstić information content (AvgIpc) is 1.61. The number of nitrogens with one attached hydrogen (secondary N) is 5. The standard InChI is InChI=1S/C43H61N7O8.C25H34N2O8.C18H27N5O/c1-48(33-10-8-32(9-11-33)47-42-39-35(30-14-18-55-19-15-30)28-44-41(39)45-29-46-42)16-20-56-22-24-58-26-25-57-23-21-54-17-4-6-31-5-3-7-37-40(31)49(2)43(53)50(37)36-13-12-34(51)27-38(36)52;1-26-24-19(5-3-10-32-12-14-34-16-17-35-15-13-33-11-9-28)4-2-6-22(24)27(25(26)31)21-8-7-20(29)18-23(21)30;1-19-13-2-4-14(5-3-13)23-18-16-15(12-6-8-24-9-7-12)10-20-17(16)21-11-22-18/h3,5,7,28-30,32-33,36H,4,6,8-27H2,1-2H3,(H2,44,45,46,47);2,4,6,9,21H,3,5,7-8,10-18H2,1H3;10-14,19H,2-9H2,1H3,(H2,20,21,22,23). The summed E-state index contributed by atoms with van der Waals surface area (Å²) < 4.78 is 61.9. The van der Waals surface area contributed by atoms with Gasteiger partial charge in [-0.2, -0.15) is 0 Å². The predicted molar refractivity (Wildman–Crippen MR) is 444 cm³/mol. The van der Waals surface area contributed by atoms with Gasteiger partial charge in [-0.3, -0.25) is 37.4 Å². The van der Waals surface area contributed by atoms with E-state index in [-0.39, 0.29) is 54.0 Å². The summed E-state index contributed by atoms with van der Waals surface area (Å²) in [5.41, 5.74) is 9.24. The number of fused-ring (bicyclic) bond motifs is 4. The van der Waals surface area contributed by atoms with Crippen LogP contribution in [-0.2, 0) is 98.3 Å². The van der Waals surface area contributed by atoms with Crippen LogP contribution in [0.5, 0.6) is 0 Å². The lowest BCUT2D eigenvalue weighted by Gasteiger charge is -2.35. The third kappa shape index (κ3) is 24.0. The van der Waals surface area contributed by atoms with Crippen molar-refractivity contribution < 1.29 is 71.3 Å². The highest BCUT2D eigenvalue weighted by atomic mass is 16.6. The molecule has 8 heterocycles. The summed E-state index contributed by atoms with van der Waals surface area (Å²) in [6, 6.07) is 12.5. The lowest BCUT2D eigenvalue weighted by atomic mass is 9.89. The molecule has 2 unspecified atom stereocenters. The molecule has 2 aromatic carbocycles. The van der Waals surface area contributed by atoms with Crippen LogP contribution in [-0.4, -0.2) is 259 Å². The number of anilines is 2. The first kappa shape index (κ1) is 88.0. The topological polar surface area (TPSA) is 354 Å². The number of carbonyl (C=O) groups is 5. The minimum absolute atomic E-state index is 0.0534. The smallest absolute Gasteiger partial charge is 0.329 e. The second-order valence-electron chi connectivity index (χ2n) is 31.5. The summed E-state index contributed by atoms with van der Waals surface area (Å²) in [5, 5.41) is 13.2. The lowest BCUT2D eigenvalue weighted by molar-refractivity contribution is -0.133. The molecule has 6 aliphatic rings. The summed E-state index contributed by atoms with van der Waals surface area (Å²) >= 11 is 0. The van der Waals surface area contributed by atoms with Crippen molar-refractivity contribution in [2.24, 2.45) is 14.1 Å². The van der Waals surface area contributed by atoms with Gasteiger partial charge in [0, 0.05) is 110 Å². The minimum Gasteiger partial charge on any atom is -0.381 e. The minimum atomic E-state index is -0.583. The SMILES string of the molecule is CN(CCOCCOCCOCCOCCCc1cccc2c1n(C)c(=O)n2C1CCC(=O)CC1=O)C1CCC(Nc2ncnc3[nH]cc(C4CCOCC4)c23)CC1.CNC1CCC(Nc2ncnc3[nH]cc(C4CCOCC4)c23)CC1.Cn1c(=O)n(C2CCC(=O)CC2=O)c2cccc(CCCOCCOCCOCCOCC=O)c21. The van der Waals surface area contributed by atoms with Crippen LogP contribution in [0.3, 0.4) is 0 Å². The van der Waals surface area contributed by atoms with E-state index in [0.29, 0.717) is 167 Å². The molecule has 8 aromatic rings. The van der Waals surface area contributed by atoms with E-state index in [2.05, 4.69) is 77.2 Å². The Labute approximate surface area is 683 Å². The summed E-state index contributed by atoms with van der Waals surface area (Å²) in [7, 11) is 7.72. The maximum Gasteiger partial charge on any atom is 0.329 e. The van der Waals surface area contributed by atoms with E-state index in [1.54, 1.807) is 45.0 Å². The van der Waals surface area contributed by atoms with Crippen molar-refractivity contribution in [1.29, 1.82) is 0 Å². The number of aldehydes is 1. The number of rotatable bonds is 41. The number of nitrogens with zero attached hydrogens (tertiary/aromatic N) is 9. The van der Waals surface area contributed by atoms with Gasteiger partial charge in [0.2, 0.25) is 0 Å². The fourth-order valence-electron chi connectivity index (χ4n) is 17.4. The largest absolute Gasteiger partial charge is 0.381 e. The first-order valence-electron chi connectivity index (χ1n) is 42.5. The van der Waals surface area contributed by atoms with Gasteiger partial charge in [-0.05, 0) is 176 Å². The van der Waals surface area contributed by atoms with E-state index in [9.17, 15) is 33.6 Å². The number of para-hydroxylation sites is 2. The zero-order chi connectivity index (χ0) is 81.7. The number of H-pyrrole nitrogens is 2. The van der Waals surface area contributed by atoms with Crippen LogP contribution in [0.2, 0.25) is 0 Å². The van der Waals surface area contributed by atoms with Crippen LogP contribution in [0.4, 0.5) is 11.6 Å². The number of aryl methyl sites for hydroxylation is 4. The van der Waals surface area contributed by atoms with Gasteiger partial charge in [0.25, 0.3) is 0 Å². The van der Waals surface area contributed by atoms with Crippen LogP contribution < -0.4 is 27.3 Å². The fourth-order valence-corrected chi connectivity index (χ4v) is 17.4. The van der Waals surface area contributed by atoms with Crippen molar-refractivity contribution in [3.63, 3.8) is 0 Å². The Morgan fingerprint density at radius 1 is 0.487 bits per heavy atom. The predicted octanol–water partition coefficient (Wildman–Crippen LogP) is 8.92. The summed E-state index contributed by atoms with van der Waals surface area (Å²) in [6.45, 7) is 11.8. The number of aromatic nitrogens is 10. The highest BCUT2D eigenvalue weighted by Gasteiger charge is 2.35. The second kappa shape index (κ2) is 45.7. The van der Waals surface area contributed by atoms with Gasteiger partial charge >= 0.3 is 11.4 Å². The zero-order valence-corrected chi connectivity index (χ0v) is 68.8. The Morgan fingerprint density at radius 2 is 0.880 bits per heavy atom. The average molecular weight is 1620 g/mol. The van der Waals surface area contributed by atoms with Gasteiger partial charge in [0.15, 0.2) is 11.6 Å². The number of benzene rings is 2. The zero-order valence-electron chi connectivity index (χ0n) is 68.8. The van der Waals surface area contributed by atoms with Gasteiger partial charge in [0.05, 0.1) is 144 Å². The van der Waals surface area contributed by atoms with Gasteiger partial charge in [-0.25, -0.2) is 29.5 Å².